The number of hydrogen-bond donors (Lipinski definition) is 2. The molecule has 0 radical (unpaired) electrons. The molecule has 1 heterocycles. The Morgan fingerprint density at radius 2 is 2.25 bits per heavy atom. The molecule has 16 heavy (non-hydrogen) atoms. The lowest BCUT2D eigenvalue weighted by Gasteiger charge is -2.05. The predicted molar refractivity (Wildman–Crippen MR) is 60.3 cm³/mol. The van der Waals surface area contributed by atoms with Gasteiger partial charge in [-0.3, -0.25) is 0 Å². The first-order chi connectivity index (χ1) is 7.56. The quantitative estimate of drug-likeness (QED) is 0.687. The van der Waals surface area contributed by atoms with E-state index in [4.69, 9.17) is 10.5 Å². The number of nitrogen functional groups attached to an aromatic ring is 1. The average molecular weight is 245 g/mol. The van der Waals surface area contributed by atoms with Crippen molar-refractivity contribution in [1.29, 1.82) is 0 Å². The molecule has 1 aromatic rings. The maximum Gasteiger partial charge on any atom is 0.242 e. The van der Waals surface area contributed by atoms with Crippen LogP contribution in [0.4, 0.5) is 5.82 Å². The lowest BCUT2D eigenvalue weighted by Crippen LogP contribution is -2.25. The monoisotopic (exact) mass is 245 g/mol. The van der Waals surface area contributed by atoms with Gasteiger partial charge in [-0.25, -0.2) is 18.1 Å². The molecule has 0 saturated heterocycles. The van der Waals surface area contributed by atoms with Crippen LogP contribution in [-0.2, 0) is 14.8 Å². The van der Waals surface area contributed by atoms with Crippen LogP contribution in [0.1, 0.15) is 6.42 Å². The van der Waals surface area contributed by atoms with Crippen molar-refractivity contribution in [3.05, 3.63) is 18.3 Å². The third-order valence-corrected chi connectivity index (χ3v) is 3.33. The van der Waals surface area contributed by atoms with Crippen LogP contribution in [0.5, 0.6) is 0 Å². The minimum atomic E-state index is -3.48. The lowest BCUT2D eigenvalue weighted by atomic mass is 10.5. The van der Waals surface area contributed by atoms with Gasteiger partial charge in [0, 0.05) is 26.5 Å². The van der Waals surface area contributed by atoms with Gasteiger partial charge in [0.2, 0.25) is 10.0 Å². The van der Waals surface area contributed by atoms with Crippen LogP contribution in [0.3, 0.4) is 0 Å². The van der Waals surface area contributed by atoms with Gasteiger partial charge in [-0.1, -0.05) is 0 Å². The first kappa shape index (κ1) is 12.9. The Bertz CT molecular complexity index is 416. The lowest BCUT2D eigenvalue weighted by molar-refractivity contribution is 0.196. The molecule has 0 aliphatic heterocycles. The number of hydrogen-bond acceptors (Lipinski definition) is 5. The summed E-state index contributed by atoms with van der Waals surface area (Å²) in [5.41, 5.74) is 5.37. The third kappa shape index (κ3) is 3.76. The van der Waals surface area contributed by atoms with Crippen molar-refractivity contribution in [2.45, 2.75) is 11.3 Å². The van der Waals surface area contributed by atoms with E-state index in [9.17, 15) is 8.42 Å². The summed E-state index contributed by atoms with van der Waals surface area (Å²) >= 11 is 0. The Labute approximate surface area is 94.9 Å². The van der Waals surface area contributed by atoms with Crippen LogP contribution < -0.4 is 10.5 Å². The van der Waals surface area contributed by atoms with Crippen molar-refractivity contribution in [3.63, 3.8) is 0 Å². The summed E-state index contributed by atoms with van der Waals surface area (Å²) in [6.45, 7) is 0.850. The Hall–Kier alpha value is -1.18. The van der Waals surface area contributed by atoms with E-state index in [1.807, 2.05) is 0 Å². The summed E-state index contributed by atoms with van der Waals surface area (Å²) in [5, 5.41) is 0. The molecule has 0 aromatic carbocycles. The average Bonchev–Trinajstić information content (AvgIpc) is 2.25. The highest BCUT2D eigenvalue weighted by Gasteiger charge is 2.12. The van der Waals surface area contributed by atoms with Gasteiger partial charge in [-0.15, -0.1) is 0 Å². The molecule has 7 heteroatoms. The Morgan fingerprint density at radius 1 is 1.50 bits per heavy atom. The maximum absolute atomic E-state index is 11.7. The van der Waals surface area contributed by atoms with Gasteiger partial charge in [0.25, 0.3) is 0 Å². The number of pyridine rings is 1. The molecule has 0 atom stereocenters. The number of ether oxygens (including phenoxy) is 1. The van der Waals surface area contributed by atoms with Crippen molar-refractivity contribution in [3.8, 4) is 0 Å². The minimum absolute atomic E-state index is 0.110. The fraction of sp³-hybridized carbons (Fsp3) is 0.444. The molecule has 0 fully saturated rings. The number of aromatic nitrogens is 1. The SMILES string of the molecule is COCCCNS(=O)(=O)c1ccc(N)nc1. The highest BCUT2D eigenvalue weighted by atomic mass is 32.2. The van der Waals surface area contributed by atoms with E-state index in [2.05, 4.69) is 9.71 Å². The van der Waals surface area contributed by atoms with Crippen LogP contribution in [0.25, 0.3) is 0 Å². The Kier molecular flexibility index (Phi) is 4.66. The summed E-state index contributed by atoms with van der Waals surface area (Å²) < 4.78 is 30.6. The van der Waals surface area contributed by atoms with Crippen LogP contribution in [0.2, 0.25) is 0 Å². The molecule has 90 valence electrons. The highest BCUT2D eigenvalue weighted by Crippen LogP contribution is 2.08. The zero-order valence-electron chi connectivity index (χ0n) is 9.01. The Morgan fingerprint density at radius 3 is 2.81 bits per heavy atom. The van der Waals surface area contributed by atoms with E-state index < -0.39 is 10.0 Å². The number of rotatable bonds is 6. The number of methoxy groups -OCH3 is 1. The topological polar surface area (TPSA) is 94.3 Å². The van der Waals surface area contributed by atoms with Crippen molar-refractivity contribution in [1.82, 2.24) is 9.71 Å². The third-order valence-electron chi connectivity index (χ3n) is 1.89. The van der Waals surface area contributed by atoms with Gasteiger partial charge >= 0.3 is 0 Å². The summed E-state index contributed by atoms with van der Waals surface area (Å²) in [6, 6.07) is 2.87. The summed E-state index contributed by atoms with van der Waals surface area (Å²) in [4.78, 5) is 3.83. The Balaban J connectivity index is 2.60. The van der Waals surface area contributed by atoms with E-state index >= 15 is 0 Å². The summed E-state index contributed by atoms with van der Waals surface area (Å²) in [6.07, 6.45) is 1.85. The second kappa shape index (κ2) is 5.78. The zero-order valence-corrected chi connectivity index (χ0v) is 9.83. The molecule has 0 aliphatic carbocycles. The largest absolute Gasteiger partial charge is 0.385 e. The summed E-state index contributed by atoms with van der Waals surface area (Å²) in [7, 11) is -1.91. The molecule has 0 aliphatic rings. The minimum Gasteiger partial charge on any atom is -0.385 e. The first-order valence-electron chi connectivity index (χ1n) is 4.76. The van der Waals surface area contributed by atoms with E-state index in [0.717, 1.165) is 0 Å². The van der Waals surface area contributed by atoms with Gasteiger partial charge in [0.05, 0.1) is 0 Å². The molecule has 0 amide bonds. The van der Waals surface area contributed by atoms with Crippen molar-refractivity contribution in [2.24, 2.45) is 0 Å². The second-order valence-corrected chi connectivity index (χ2v) is 4.93. The first-order valence-corrected chi connectivity index (χ1v) is 6.25. The summed E-state index contributed by atoms with van der Waals surface area (Å²) in [5.74, 6) is 0.290. The van der Waals surface area contributed by atoms with E-state index in [0.29, 0.717) is 25.4 Å². The molecule has 3 N–H and O–H groups in total. The predicted octanol–water partition coefficient (Wildman–Crippen LogP) is -0.0214. The fourth-order valence-electron chi connectivity index (χ4n) is 1.06. The van der Waals surface area contributed by atoms with Gasteiger partial charge in [-0.2, -0.15) is 0 Å². The molecule has 0 saturated carbocycles. The number of nitrogens with two attached hydrogens (primary N) is 1. The van der Waals surface area contributed by atoms with Crippen molar-refractivity contribution < 1.29 is 13.2 Å². The molecule has 0 unspecified atom stereocenters. The fourth-order valence-corrected chi connectivity index (χ4v) is 2.08. The molecule has 0 spiro atoms. The highest BCUT2D eigenvalue weighted by molar-refractivity contribution is 7.89. The number of sulfonamides is 1. The van der Waals surface area contributed by atoms with Gasteiger partial charge in [-0.05, 0) is 18.6 Å². The maximum atomic E-state index is 11.7. The standard InChI is InChI=1S/C9H15N3O3S/c1-15-6-2-5-12-16(13,14)8-3-4-9(10)11-7-8/h3-4,7,12H,2,5-6H2,1H3,(H2,10,11). The molecule has 1 rings (SSSR count). The molecular formula is C9H15N3O3S. The van der Waals surface area contributed by atoms with Gasteiger partial charge in [0.15, 0.2) is 0 Å². The molecule has 0 bridgehead atoms. The van der Waals surface area contributed by atoms with Gasteiger partial charge < -0.3 is 10.5 Å². The van der Waals surface area contributed by atoms with Gasteiger partial charge in [0.1, 0.15) is 10.7 Å². The molecule has 1 aromatic heterocycles. The molecule has 6 nitrogen and oxygen atoms in total. The number of anilines is 1. The number of nitrogens with zero attached hydrogens (tertiary/aromatic N) is 1. The molecular weight excluding hydrogens is 230 g/mol. The zero-order chi connectivity index (χ0) is 12.0. The smallest absolute Gasteiger partial charge is 0.242 e. The van der Waals surface area contributed by atoms with Crippen LogP contribution in [0.15, 0.2) is 23.2 Å². The van der Waals surface area contributed by atoms with E-state index in [1.165, 1.54) is 18.3 Å². The van der Waals surface area contributed by atoms with Crippen molar-refractivity contribution >= 4 is 15.8 Å². The normalized spacial score (nSPS) is 11.6. The number of nitrogens with one attached hydrogen (secondary N) is 1. The van der Waals surface area contributed by atoms with E-state index in [1.54, 1.807) is 7.11 Å². The van der Waals surface area contributed by atoms with Crippen LogP contribution in [-0.4, -0.2) is 33.7 Å². The second-order valence-electron chi connectivity index (χ2n) is 3.16. The van der Waals surface area contributed by atoms with Crippen LogP contribution >= 0.6 is 0 Å². The van der Waals surface area contributed by atoms with Crippen LogP contribution in [0, 0.1) is 0 Å². The van der Waals surface area contributed by atoms with Crippen molar-refractivity contribution in [2.75, 3.05) is 26.0 Å². The van der Waals surface area contributed by atoms with E-state index in [-0.39, 0.29) is 4.90 Å².